The van der Waals surface area contributed by atoms with Gasteiger partial charge in [-0.1, -0.05) is 17.7 Å². The molecule has 0 aliphatic heterocycles. The van der Waals surface area contributed by atoms with Crippen molar-refractivity contribution in [1.29, 1.82) is 0 Å². The monoisotopic (exact) mass is 322 g/mol. The van der Waals surface area contributed by atoms with E-state index in [-0.39, 0.29) is 0 Å². The molecule has 3 heterocycles. The van der Waals surface area contributed by atoms with Crippen LogP contribution in [0.3, 0.4) is 0 Å². The van der Waals surface area contributed by atoms with Crippen LogP contribution in [0, 0.1) is 6.92 Å². The molecule has 3 N–H and O–H groups in total. The largest absolute Gasteiger partial charge is 0.384 e. The first-order valence-corrected chi connectivity index (χ1v) is 8.14. The Balaban J connectivity index is 1.63. The van der Waals surface area contributed by atoms with E-state index in [1.807, 2.05) is 6.07 Å². The molecule has 0 fully saturated rings. The number of nitrogens with one attached hydrogen (secondary N) is 1. The van der Waals surface area contributed by atoms with E-state index in [4.69, 9.17) is 10.7 Å². The average Bonchev–Trinajstić information content (AvgIpc) is 3.00. The molecule has 0 spiro atoms. The first-order chi connectivity index (χ1) is 11.2. The summed E-state index contributed by atoms with van der Waals surface area (Å²) < 4.78 is 0. The Morgan fingerprint density at radius 1 is 1.09 bits per heavy atom. The number of hydrogen-bond donors (Lipinski definition) is 2. The maximum Gasteiger partial charge on any atom is 0.204 e. The molecule has 6 nitrogen and oxygen atoms in total. The number of benzene rings is 1. The highest BCUT2D eigenvalue weighted by Gasteiger charge is 2.09. The Morgan fingerprint density at radius 3 is 2.91 bits per heavy atom. The zero-order chi connectivity index (χ0) is 15.8. The molecule has 0 aliphatic carbocycles. The van der Waals surface area contributed by atoms with Crippen LogP contribution in [0.1, 0.15) is 11.3 Å². The van der Waals surface area contributed by atoms with Gasteiger partial charge >= 0.3 is 0 Å². The fourth-order valence-corrected chi connectivity index (χ4v) is 3.40. The number of nitrogens with two attached hydrogens (primary N) is 1. The summed E-state index contributed by atoms with van der Waals surface area (Å²) in [5.41, 5.74) is 10.4. The van der Waals surface area contributed by atoms with E-state index < -0.39 is 0 Å². The summed E-state index contributed by atoms with van der Waals surface area (Å²) in [5, 5.41) is 11.9. The average molecular weight is 322 g/mol. The van der Waals surface area contributed by atoms with Gasteiger partial charge in [-0.15, -0.1) is 16.9 Å². The summed E-state index contributed by atoms with van der Waals surface area (Å²) in [6.07, 6.45) is 0. The molecule has 0 amide bonds. The number of hydrogen-bond acceptors (Lipinski definition) is 6. The molecule has 4 aromatic rings. The van der Waals surface area contributed by atoms with Gasteiger partial charge in [0, 0.05) is 16.0 Å². The number of aromatic nitrogens is 5. The third kappa shape index (κ3) is 2.70. The van der Waals surface area contributed by atoms with Crippen molar-refractivity contribution < 1.29 is 0 Å². The van der Waals surface area contributed by atoms with E-state index in [1.54, 1.807) is 11.8 Å². The third-order valence-corrected chi connectivity index (χ3v) is 4.62. The smallest absolute Gasteiger partial charge is 0.204 e. The van der Waals surface area contributed by atoms with Crippen molar-refractivity contribution in [2.75, 3.05) is 5.73 Å². The molecule has 0 atom stereocenters. The second-order valence-electron chi connectivity index (χ2n) is 5.33. The van der Waals surface area contributed by atoms with Gasteiger partial charge < -0.3 is 5.73 Å². The van der Waals surface area contributed by atoms with Gasteiger partial charge in [0.1, 0.15) is 11.3 Å². The molecule has 3 aromatic heterocycles. The lowest BCUT2D eigenvalue weighted by Crippen LogP contribution is -1.93. The molecule has 114 valence electrons. The SMILES string of the molecule is Cc1ccc2nc(CSc3cc(N)nc4n[nH]nc34)ccc2c1. The summed E-state index contributed by atoms with van der Waals surface area (Å²) >= 11 is 1.63. The predicted octanol–water partition coefficient (Wildman–Crippen LogP) is 3.08. The topological polar surface area (TPSA) is 93.4 Å². The van der Waals surface area contributed by atoms with Crippen LogP contribution in [0.15, 0.2) is 41.3 Å². The second kappa shape index (κ2) is 5.51. The van der Waals surface area contributed by atoms with Crippen LogP contribution < -0.4 is 5.73 Å². The van der Waals surface area contributed by atoms with Crippen LogP contribution in [-0.2, 0) is 5.75 Å². The summed E-state index contributed by atoms with van der Waals surface area (Å²) in [7, 11) is 0. The van der Waals surface area contributed by atoms with Crippen LogP contribution in [-0.4, -0.2) is 25.4 Å². The zero-order valence-corrected chi connectivity index (χ0v) is 13.3. The fourth-order valence-electron chi connectivity index (χ4n) is 2.46. The molecule has 0 aliphatic rings. The first-order valence-electron chi connectivity index (χ1n) is 7.15. The number of aryl methyl sites for hydroxylation is 1. The molecule has 7 heteroatoms. The van der Waals surface area contributed by atoms with E-state index >= 15 is 0 Å². The Labute approximate surface area is 136 Å². The van der Waals surface area contributed by atoms with Gasteiger partial charge in [-0.2, -0.15) is 10.3 Å². The normalized spacial score (nSPS) is 11.3. The lowest BCUT2D eigenvalue weighted by molar-refractivity contribution is 0.953. The molecule has 1 aromatic carbocycles. The second-order valence-corrected chi connectivity index (χ2v) is 6.35. The standard InChI is InChI=1S/C16H14N6S/c1-9-2-5-12-10(6-9)3-4-11(18-12)8-23-13-7-14(17)19-16-15(13)20-22-21-16/h2-7H,8H2,1H3,(H3,17,19,20,21,22). The van der Waals surface area contributed by atoms with Crippen LogP contribution in [0.4, 0.5) is 5.82 Å². The predicted molar refractivity (Wildman–Crippen MR) is 92.1 cm³/mol. The van der Waals surface area contributed by atoms with Gasteiger partial charge in [0.15, 0.2) is 0 Å². The van der Waals surface area contributed by atoms with Crippen molar-refractivity contribution in [2.24, 2.45) is 0 Å². The van der Waals surface area contributed by atoms with Gasteiger partial charge in [0.05, 0.1) is 11.2 Å². The lowest BCUT2D eigenvalue weighted by Gasteiger charge is -2.05. The summed E-state index contributed by atoms with van der Waals surface area (Å²) in [5.74, 6) is 1.17. The van der Waals surface area contributed by atoms with Gasteiger partial charge in [-0.3, -0.25) is 4.98 Å². The highest BCUT2D eigenvalue weighted by Crippen LogP contribution is 2.29. The Morgan fingerprint density at radius 2 is 2.00 bits per heavy atom. The van der Waals surface area contributed by atoms with Crippen LogP contribution in [0.25, 0.3) is 22.1 Å². The number of aromatic amines is 1. The van der Waals surface area contributed by atoms with Crippen molar-refractivity contribution in [3.05, 3.63) is 47.7 Å². The molecular weight excluding hydrogens is 308 g/mol. The van der Waals surface area contributed by atoms with Crippen LogP contribution in [0.2, 0.25) is 0 Å². The number of H-pyrrole nitrogens is 1. The van der Waals surface area contributed by atoms with Gasteiger partial charge in [-0.25, -0.2) is 4.98 Å². The summed E-state index contributed by atoms with van der Waals surface area (Å²) in [6.45, 7) is 2.08. The van der Waals surface area contributed by atoms with Crippen LogP contribution in [0.5, 0.6) is 0 Å². The molecule has 0 bridgehead atoms. The van der Waals surface area contributed by atoms with E-state index in [0.717, 1.165) is 32.8 Å². The first kappa shape index (κ1) is 14.0. The molecule has 0 radical (unpaired) electrons. The quantitative estimate of drug-likeness (QED) is 0.563. The van der Waals surface area contributed by atoms with E-state index in [2.05, 4.69) is 57.7 Å². The van der Waals surface area contributed by atoms with Crippen molar-refractivity contribution in [2.45, 2.75) is 17.6 Å². The van der Waals surface area contributed by atoms with E-state index in [1.165, 1.54) is 5.56 Å². The summed E-state index contributed by atoms with van der Waals surface area (Å²) in [4.78, 5) is 9.81. The maximum absolute atomic E-state index is 5.82. The number of rotatable bonds is 3. The minimum Gasteiger partial charge on any atom is -0.384 e. The lowest BCUT2D eigenvalue weighted by atomic mass is 10.1. The number of nitrogens with zero attached hydrogens (tertiary/aromatic N) is 4. The fraction of sp³-hybridized carbons (Fsp3) is 0.125. The zero-order valence-electron chi connectivity index (χ0n) is 12.4. The molecule has 0 unspecified atom stereocenters. The van der Waals surface area contributed by atoms with Crippen LogP contribution >= 0.6 is 11.8 Å². The molecule has 23 heavy (non-hydrogen) atoms. The molecule has 4 rings (SSSR count). The van der Waals surface area contributed by atoms with Crippen molar-refractivity contribution in [3.63, 3.8) is 0 Å². The minimum atomic E-state index is 0.441. The van der Waals surface area contributed by atoms with Crippen molar-refractivity contribution >= 4 is 39.6 Å². The molecule has 0 saturated carbocycles. The Kier molecular flexibility index (Phi) is 3.34. The van der Waals surface area contributed by atoms with Gasteiger partial charge in [0.2, 0.25) is 5.65 Å². The maximum atomic E-state index is 5.82. The highest BCUT2D eigenvalue weighted by atomic mass is 32.2. The van der Waals surface area contributed by atoms with E-state index in [0.29, 0.717) is 11.5 Å². The van der Waals surface area contributed by atoms with Crippen molar-refractivity contribution in [1.82, 2.24) is 25.4 Å². The number of fused-ring (bicyclic) bond motifs is 2. The highest BCUT2D eigenvalue weighted by molar-refractivity contribution is 7.98. The molecular formula is C16H14N6S. The minimum absolute atomic E-state index is 0.441. The van der Waals surface area contributed by atoms with Gasteiger partial charge in [-0.05, 0) is 31.2 Å². The third-order valence-electron chi connectivity index (χ3n) is 3.55. The number of anilines is 1. The van der Waals surface area contributed by atoms with Gasteiger partial charge in [0.25, 0.3) is 0 Å². The Bertz CT molecular complexity index is 1010. The van der Waals surface area contributed by atoms with Crippen molar-refractivity contribution in [3.8, 4) is 0 Å². The number of thioether (sulfide) groups is 1. The number of nitrogen functional groups attached to an aromatic ring is 1. The summed E-state index contributed by atoms with van der Waals surface area (Å²) in [6, 6.07) is 12.3. The Hall–Kier alpha value is -2.67. The number of pyridine rings is 2. The van der Waals surface area contributed by atoms with E-state index in [9.17, 15) is 0 Å². The molecule has 0 saturated heterocycles.